The molecular formula is C18H18ClN3O2. The Labute approximate surface area is 145 Å². The summed E-state index contributed by atoms with van der Waals surface area (Å²) in [6.07, 6.45) is 0. The van der Waals surface area contributed by atoms with Crippen LogP contribution in [0, 0.1) is 0 Å². The van der Waals surface area contributed by atoms with Gasteiger partial charge in [-0.15, -0.1) is 0 Å². The molecule has 5 nitrogen and oxygen atoms in total. The second-order valence-corrected chi connectivity index (χ2v) is 5.98. The van der Waals surface area contributed by atoms with E-state index in [1.54, 1.807) is 7.11 Å². The molecule has 0 aliphatic rings. The molecule has 0 unspecified atom stereocenters. The maximum atomic E-state index is 5.90. The van der Waals surface area contributed by atoms with Gasteiger partial charge in [0, 0.05) is 17.1 Å². The van der Waals surface area contributed by atoms with Crippen molar-refractivity contribution in [3.05, 3.63) is 64.9 Å². The molecule has 0 amide bonds. The number of benzene rings is 2. The van der Waals surface area contributed by atoms with E-state index in [1.165, 1.54) is 5.56 Å². The molecule has 0 radical (unpaired) electrons. The van der Waals surface area contributed by atoms with Gasteiger partial charge in [0.25, 0.3) is 5.89 Å². The maximum absolute atomic E-state index is 5.90. The first kappa shape index (κ1) is 16.5. The van der Waals surface area contributed by atoms with Crippen LogP contribution >= 0.6 is 11.6 Å². The average molecular weight is 344 g/mol. The van der Waals surface area contributed by atoms with Gasteiger partial charge < -0.3 is 9.26 Å². The molecule has 0 atom stereocenters. The summed E-state index contributed by atoms with van der Waals surface area (Å²) in [5.74, 6) is 1.95. The van der Waals surface area contributed by atoms with Crippen LogP contribution in [0.2, 0.25) is 5.02 Å². The van der Waals surface area contributed by atoms with Gasteiger partial charge >= 0.3 is 0 Å². The monoisotopic (exact) mass is 343 g/mol. The molecule has 0 aliphatic heterocycles. The van der Waals surface area contributed by atoms with Crippen LogP contribution in [0.25, 0.3) is 11.5 Å². The zero-order valence-electron chi connectivity index (χ0n) is 13.6. The fourth-order valence-corrected chi connectivity index (χ4v) is 2.49. The summed E-state index contributed by atoms with van der Waals surface area (Å²) >= 11 is 5.90. The van der Waals surface area contributed by atoms with Crippen molar-refractivity contribution < 1.29 is 9.26 Å². The number of methoxy groups -OCH3 is 1. The summed E-state index contributed by atoms with van der Waals surface area (Å²) in [5.41, 5.74) is 2.05. The Bertz CT molecular complexity index is 785. The summed E-state index contributed by atoms with van der Waals surface area (Å²) in [6.45, 7) is 1.38. The molecule has 0 bridgehead atoms. The van der Waals surface area contributed by atoms with Crippen LogP contribution in [0.1, 0.15) is 11.4 Å². The molecule has 6 heteroatoms. The van der Waals surface area contributed by atoms with E-state index in [4.69, 9.17) is 20.9 Å². The molecule has 24 heavy (non-hydrogen) atoms. The summed E-state index contributed by atoms with van der Waals surface area (Å²) in [5, 5.41) is 4.79. The molecule has 3 rings (SSSR count). The number of rotatable bonds is 6. The lowest BCUT2D eigenvalue weighted by Crippen LogP contribution is -2.18. The summed E-state index contributed by atoms with van der Waals surface area (Å²) in [4.78, 5) is 6.57. The van der Waals surface area contributed by atoms with Gasteiger partial charge in [-0.3, -0.25) is 4.90 Å². The topological polar surface area (TPSA) is 51.4 Å². The highest BCUT2D eigenvalue weighted by molar-refractivity contribution is 6.30. The van der Waals surface area contributed by atoms with Crippen molar-refractivity contribution in [1.82, 2.24) is 15.0 Å². The minimum Gasteiger partial charge on any atom is -0.497 e. The first-order chi connectivity index (χ1) is 11.6. The lowest BCUT2D eigenvalue weighted by atomic mass is 10.2. The second kappa shape index (κ2) is 7.47. The highest BCUT2D eigenvalue weighted by Crippen LogP contribution is 2.21. The maximum Gasteiger partial charge on any atom is 0.257 e. The molecule has 0 fully saturated rings. The Hall–Kier alpha value is -2.37. The van der Waals surface area contributed by atoms with Crippen molar-refractivity contribution in [3.63, 3.8) is 0 Å². The van der Waals surface area contributed by atoms with Crippen molar-refractivity contribution in [2.24, 2.45) is 0 Å². The Kier molecular flexibility index (Phi) is 5.13. The van der Waals surface area contributed by atoms with Crippen LogP contribution in [-0.2, 0) is 13.1 Å². The highest BCUT2D eigenvalue weighted by atomic mass is 35.5. The molecule has 1 heterocycles. The van der Waals surface area contributed by atoms with E-state index in [2.05, 4.69) is 15.0 Å². The molecule has 124 valence electrons. The fourth-order valence-electron chi connectivity index (χ4n) is 2.37. The zero-order chi connectivity index (χ0) is 16.9. The first-order valence-corrected chi connectivity index (χ1v) is 7.92. The van der Waals surface area contributed by atoms with Gasteiger partial charge in [-0.1, -0.05) is 28.9 Å². The van der Waals surface area contributed by atoms with Crippen LogP contribution in [0.15, 0.2) is 53.1 Å². The van der Waals surface area contributed by atoms with Crippen LogP contribution in [0.4, 0.5) is 0 Å². The summed E-state index contributed by atoms with van der Waals surface area (Å²) in [7, 11) is 3.65. The molecule has 0 saturated carbocycles. The van der Waals surface area contributed by atoms with Crippen LogP contribution < -0.4 is 4.74 Å². The van der Waals surface area contributed by atoms with Crippen molar-refractivity contribution in [2.45, 2.75) is 13.1 Å². The average Bonchev–Trinajstić information content (AvgIpc) is 3.05. The third-order valence-corrected chi connectivity index (χ3v) is 3.83. The van der Waals surface area contributed by atoms with Crippen molar-refractivity contribution in [1.29, 1.82) is 0 Å². The number of halogens is 1. The van der Waals surface area contributed by atoms with Crippen LogP contribution in [-0.4, -0.2) is 29.2 Å². The molecule has 3 aromatic rings. The van der Waals surface area contributed by atoms with Crippen molar-refractivity contribution >= 4 is 11.6 Å². The van der Waals surface area contributed by atoms with E-state index in [-0.39, 0.29) is 0 Å². The molecule has 1 aromatic heterocycles. The van der Waals surface area contributed by atoms with E-state index in [0.29, 0.717) is 18.3 Å². The molecule has 0 spiro atoms. The predicted octanol–water partition coefficient (Wildman–Crippen LogP) is 4.03. The number of ether oxygens (including phenoxy) is 1. The Balaban J connectivity index is 1.63. The van der Waals surface area contributed by atoms with Gasteiger partial charge in [0.15, 0.2) is 5.82 Å². The minimum atomic E-state index is 0.507. The smallest absolute Gasteiger partial charge is 0.257 e. The summed E-state index contributed by atoms with van der Waals surface area (Å²) in [6, 6.07) is 15.3. The predicted molar refractivity (Wildman–Crippen MR) is 92.9 cm³/mol. The van der Waals surface area contributed by atoms with E-state index >= 15 is 0 Å². The van der Waals surface area contributed by atoms with Gasteiger partial charge in [-0.25, -0.2) is 0 Å². The molecule has 0 N–H and O–H groups in total. The van der Waals surface area contributed by atoms with E-state index in [1.807, 2.05) is 55.6 Å². The first-order valence-electron chi connectivity index (χ1n) is 7.54. The lowest BCUT2D eigenvalue weighted by molar-refractivity contribution is 0.302. The lowest BCUT2D eigenvalue weighted by Gasteiger charge is -2.14. The highest BCUT2D eigenvalue weighted by Gasteiger charge is 2.11. The quantitative estimate of drug-likeness (QED) is 0.676. The Morgan fingerprint density at radius 2 is 1.75 bits per heavy atom. The third-order valence-electron chi connectivity index (χ3n) is 3.58. The molecule has 0 saturated heterocycles. The Morgan fingerprint density at radius 3 is 2.42 bits per heavy atom. The van der Waals surface area contributed by atoms with E-state index in [0.717, 1.165) is 22.9 Å². The van der Waals surface area contributed by atoms with E-state index in [9.17, 15) is 0 Å². The summed E-state index contributed by atoms with van der Waals surface area (Å²) < 4.78 is 10.5. The largest absolute Gasteiger partial charge is 0.497 e. The number of nitrogens with zero attached hydrogens (tertiary/aromatic N) is 3. The number of hydrogen-bond donors (Lipinski definition) is 0. The van der Waals surface area contributed by atoms with Crippen molar-refractivity contribution in [3.8, 4) is 17.2 Å². The minimum absolute atomic E-state index is 0.507. The van der Waals surface area contributed by atoms with Crippen LogP contribution in [0.3, 0.4) is 0 Å². The SMILES string of the molecule is COc1ccc(-c2nc(CN(C)Cc3ccc(Cl)cc3)no2)cc1. The third kappa shape index (κ3) is 4.13. The van der Waals surface area contributed by atoms with Gasteiger partial charge in [-0.05, 0) is 49.0 Å². The standard InChI is InChI=1S/C18H18ClN3O2/c1-22(11-13-3-7-15(19)8-4-13)12-17-20-18(24-21-17)14-5-9-16(23-2)10-6-14/h3-10H,11-12H2,1-2H3. The number of hydrogen-bond acceptors (Lipinski definition) is 5. The molecule has 2 aromatic carbocycles. The van der Waals surface area contributed by atoms with Gasteiger partial charge in [0.1, 0.15) is 5.75 Å². The molecular weight excluding hydrogens is 326 g/mol. The van der Waals surface area contributed by atoms with Crippen LogP contribution in [0.5, 0.6) is 5.75 Å². The normalized spacial score (nSPS) is 11.0. The fraction of sp³-hybridized carbons (Fsp3) is 0.222. The number of aromatic nitrogens is 2. The van der Waals surface area contributed by atoms with Gasteiger partial charge in [0.2, 0.25) is 0 Å². The van der Waals surface area contributed by atoms with Gasteiger partial charge in [0.05, 0.1) is 13.7 Å². The zero-order valence-corrected chi connectivity index (χ0v) is 14.3. The van der Waals surface area contributed by atoms with Crippen molar-refractivity contribution in [2.75, 3.05) is 14.2 Å². The second-order valence-electron chi connectivity index (χ2n) is 5.54. The molecule has 0 aliphatic carbocycles. The Morgan fingerprint density at radius 1 is 1.04 bits per heavy atom. The van der Waals surface area contributed by atoms with Gasteiger partial charge in [-0.2, -0.15) is 4.98 Å². The van der Waals surface area contributed by atoms with E-state index < -0.39 is 0 Å².